The number of nitrogens with zero attached hydrogens (tertiary/aromatic N) is 1. The van der Waals surface area contributed by atoms with Gasteiger partial charge in [0.1, 0.15) is 11.8 Å². The maximum absolute atomic E-state index is 13.1. The molecule has 0 saturated heterocycles. The molecular formula is C21H21N3O3. The first kappa shape index (κ1) is 18.5. The third kappa shape index (κ3) is 3.95. The lowest BCUT2D eigenvalue weighted by Gasteiger charge is -2.17. The van der Waals surface area contributed by atoms with E-state index in [0.29, 0.717) is 33.8 Å². The molecule has 0 fully saturated rings. The van der Waals surface area contributed by atoms with Crippen LogP contribution in [0.4, 0.5) is 0 Å². The van der Waals surface area contributed by atoms with E-state index in [4.69, 9.17) is 5.73 Å². The number of fused-ring (bicyclic) bond motifs is 2. The summed E-state index contributed by atoms with van der Waals surface area (Å²) in [4.78, 5) is 41.0. The second-order valence-electron chi connectivity index (χ2n) is 6.38. The third-order valence-electron chi connectivity index (χ3n) is 4.57. The molecule has 0 aliphatic rings. The Kier molecular flexibility index (Phi) is 5.45. The summed E-state index contributed by atoms with van der Waals surface area (Å²) < 4.78 is 0. The number of nitrogens with two attached hydrogens (primary N) is 1. The number of carbonyl (C=O) groups excluding carboxylic acids is 3. The third-order valence-corrected chi connectivity index (χ3v) is 4.57. The number of aromatic nitrogens is 1. The van der Waals surface area contributed by atoms with Crippen molar-refractivity contribution in [2.75, 3.05) is 0 Å². The molecule has 3 N–H and O–H groups in total. The SMILES string of the molecule is CCC(=O)CC[C@H](NC(=O)c1c2ccccc2nc2ccccc12)C(N)=O. The molecular weight excluding hydrogens is 342 g/mol. The van der Waals surface area contributed by atoms with Crippen molar-refractivity contribution < 1.29 is 14.4 Å². The minimum atomic E-state index is -0.904. The van der Waals surface area contributed by atoms with Crippen molar-refractivity contribution >= 4 is 39.4 Å². The number of hydrogen-bond donors (Lipinski definition) is 2. The average Bonchev–Trinajstić information content (AvgIpc) is 2.68. The second kappa shape index (κ2) is 7.95. The topological polar surface area (TPSA) is 102 Å². The van der Waals surface area contributed by atoms with Crippen LogP contribution >= 0.6 is 0 Å². The number of Topliss-reactive ketones (excluding diaryl/α,β-unsaturated/α-hetero) is 1. The van der Waals surface area contributed by atoms with E-state index in [1.807, 2.05) is 48.5 Å². The Bertz CT molecular complexity index is 976. The quantitative estimate of drug-likeness (QED) is 0.630. The minimum Gasteiger partial charge on any atom is -0.368 e. The molecule has 1 atom stereocenters. The monoisotopic (exact) mass is 363 g/mol. The van der Waals surface area contributed by atoms with Crippen LogP contribution in [0.5, 0.6) is 0 Å². The van der Waals surface area contributed by atoms with Gasteiger partial charge in [0.2, 0.25) is 5.91 Å². The van der Waals surface area contributed by atoms with Crippen molar-refractivity contribution in [3.8, 4) is 0 Å². The van der Waals surface area contributed by atoms with Crippen LogP contribution in [0.15, 0.2) is 48.5 Å². The van der Waals surface area contributed by atoms with Crippen molar-refractivity contribution in [2.45, 2.75) is 32.2 Å². The van der Waals surface area contributed by atoms with Crippen molar-refractivity contribution in [3.63, 3.8) is 0 Å². The lowest BCUT2D eigenvalue weighted by Crippen LogP contribution is -2.44. The van der Waals surface area contributed by atoms with Gasteiger partial charge in [-0.1, -0.05) is 43.3 Å². The smallest absolute Gasteiger partial charge is 0.253 e. The molecule has 138 valence electrons. The Morgan fingerprint density at radius 2 is 1.56 bits per heavy atom. The zero-order chi connectivity index (χ0) is 19.4. The standard InChI is InChI=1S/C21H21N3O3/c1-2-13(25)11-12-18(20(22)26)24-21(27)19-14-7-3-5-9-16(14)23-17-10-6-4-8-15(17)19/h3-10,18H,2,11-12H2,1H3,(H2,22,26)(H,24,27)/t18-/m0/s1. The molecule has 6 heteroatoms. The van der Waals surface area contributed by atoms with Crippen molar-refractivity contribution in [2.24, 2.45) is 5.73 Å². The maximum Gasteiger partial charge on any atom is 0.253 e. The van der Waals surface area contributed by atoms with Crippen LogP contribution in [0.2, 0.25) is 0 Å². The lowest BCUT2D eigenvalue weighted by atomic mass is 10.0. The first-order valence-electron chi connectivity index (χ1n) is 8.90. The summed E-state index contributed by atoms with van der Waals surface area (Å²) in [5.74, 6) is -1.04. The largest absolute Gasteiger partial charge is 0.368 e. The van der Waals surface area contributed by atoms with Gasteiger partial charge in [0.25, 0.3) is 5.91 Å². The molecule has 3 rings (SSSR count). The summed E-state index contributed by atoms with van der Waals surface area (Å²) in [6, 6.07) is 13.8. The highest BCUT2D eigenvalue weighted by molar-refractivity contribution is 6.16. The van der Waals surface area contributed by atoms with Gasteiger partial charge >= 0.3 is 0 Å². The second-order valence-corrected chi connectivity index (χ2v) is 6.38. The molecule has 0 saturated carbocycles. The maximum atomic E-state index is 13.1. The van der Waals surface area contributed by atoms with Gasteiger partial charge in [-0.3, -0.25) is 14.4 Å². The van der Waals surface area contributed by atoms with E-state index in [9.17, 15) is 14.4 Å². The van der Waals surface area contributed by atoms with E-state index in [-0.39, 0.29) is 18.6 Å². The normalized spacial score (nSPS) is 12.0. The molecule has 1 aromatic heterocycles. The fourth-order valence-corrected chi connectivity index (χ4v) is 3.08. The Hall–Kier alpha value is -3.28. The number of hydrogen-bond acceptors (Lipinski definition) is 4. The number of nitrogens with one attached hydrogen (secondary N) is 1. The van der Waals surface area contributed by atoms with Gasteiger partial charge < -0.3 is 11.1 Å². The van der Waals surface area contributed by atoms with Gasteiger partial charge in [-0.2, -0.15) is 0 Å². The van der Waals surface area contributed by atoms with Crippen LogP contribution in [-0.2, 0) is 9.59 Å². The Morgan fingerprint density at radius 3 is 2.07 bits per heavy atom. The molecule has 3 aromatic rings. The number of primary amides is 1. The van der Waals surface area contributed by atoms with E-state index < -0.39 is 17.9 Å². The number of rotatable bonds is 7. The Morgan fingerprint density at radius 1 is 1.00 bits per heavy atom. The zero-order valence-corrected chi connectivity index (χ0v) is 15.1. The van der Waals surface area contributed by atoms with Gasteiger partial charge in [-0.15, -0.1) is 0 Å². The van der Waals surface area contributed by atoms with Crippen LogP contribution in [0, 0.1) is 0 Å². The first-order chi connectivity index (χ1) is 13.0. The van der Waals surface area contributed by atoms with Gasteiger partial charge in [-0.05, 0) is 18.6 Å². The van der Waals surface area contributed by atoms with E-state index in [1.165, 1.54) is 0 Å². The Balaban J connectivity index is 2.00. The summed E-state index contributed by atoms with van der Waals surface area (Å²) >= 11 is 0. The molecule has 6 nitrogen and oxygen atoms in total. The molecule has 2 amide bonds. The number of ketones is 1. The predicted octanol–water partition coefficient (Wildman–Crippen LogP) is 2.73. The van der Waals surface area contributed by atoms with Crippen LogP contribution in [0.3, 0.4) is 0 Å². The predicted molar refractivity (Wildman–Crippen MR) is 104 cm³/mol. The van der Waals surface area contributed by atoms with E-state index >= 15 is 0 Å². The number of benzene rings is 2. The van der Waals surface area contributed by atoms with Crippen LogP contribution < -0.4 is 11.1 Å². The van der Waals surface area contributed by atoms with Gasteiger partial charge in [0.15, 0.2) is 0 Å². The first-order valence-corrected chi connectivity index (χ1v) is 8.90. The van der Waals surface area contributed by atoms with Crippen LogP contribution in [-0.4, -0.2) is 28.6 Å². The van der Waals surface area contributed by atoms with Crippen molar-refractivity contribution in [1.82, 2.24) is 10.3 Å². The van der Waals surface area contributed by atoms with Crippen LogP contribution in [0.1, 0.15) is 36.5 Å². The molecule has 0 spiro atoms. The summed E-state index contributed by atoms with van der Waals surface area (Å²) in [5, 5.41) is 4.09. The summed E-state index contributed by atoms with van der Waals surface area (Å²) in [6.45, 7) is 1.76. The summed E-state index contributed by atoms with van der Waals surface area (Å²) in [7, 11) is 0. The fourth-order valence-electron chi connectivity index (χ4n) is 3.08. The summed E-state index contributed by atoms with van der Waals surface area (Å²) in [5.41, 5.74) is 7.27. The zero-order valence-electron chi connectivity index (χ0n) is 15.1. The highest BCUT2D eigenvalue weighted by atomic mass is 16.2. The minimum absolute atomic E-state index is 0.0234. The number of pyridine rings is 1. The summed E-state index contributed by atoms with van der Waals surface area (Å²) in [6.07, 6.45) is 0.774. The molecule has 0 aliphatic heterocycles. The highest BCUT2D eigenvalue weighted by Gasteiger charge is 2.22. The van der Waals surface area contributed by atoms with Gasteiger partial charge in [-0.25, -0.2) is 4.98 Å². The highest BCUT2D eigenvalue weighted by Crippen LogP contribution is 2.26. The van der Waals surface area contributed by atoms with Gasteiger partial charge in [0.05, 0.1) is 16.6 Å². The van der Waals surface area contributed by atoms with Crippen LogP contribution in [0.25, 0.3) is 21.8 Å². The number of amides is 2. The van der Waals surface area contributed by atoms with E-state index in [1.54, 1.807) is 6.92 Å². The lowest BCUT2D eigenvalue weighted by molar-refractivity contribution is -0.121. The molecule has 0 bridgehead atoms. The molecule has 2 aromatic carbocycles. The number of carbonyl (C=O) groups is 3. The molecule has 0 aliphatic carbocycles. The molecule has 1 heterocycles. The average molecular weight is 363 g/mol. The molecule has 27 heavy (non-hydrogen) atoms. The van der Waals surface area contributed by atoms with E-state index in [0.717, 1.165) is 0 Å². The van der Waals surface area contributed by atoms with Gasteiger partial charge in [0, 0.05) is 23.6 Å². The van der Waals surface area contributed by atoms with Crippen molar-refractivity contribution in [1.29, 1.82) is 0 Å². The van der Waals surface area contributed by atoms with Crippen molar-refractivity contribution in [3.05, 3.63) is 54.1 Å². The molecule has 0 unspecified atom stereocenters. The van der Waals surface area contributed by atoms with E-state index in [2.05, 4.69) is 10.3 Å². The fraction of sp³-hybridized carbons (Fsp3) is 0.238. The Labute approximate surface area is 156 Å². The molecule has 0 radical (unpaired) electrons. The number of para-hydroxylation sites is 2.